The van der Waals surface area contributed by atoms with Crippen LogP contribution in [0.25, 0.3) is 0 Å². The van der Waals surface area contributed by atoms with Crippen LogP contribution in [0.2, 0.25) is 0 Å². The molecule has 0 aliphatic rings. The molecular formula is C14H13N3O4. The average molecular weight is 287 g/mol. The monoisotopic (exact) mass is 287 g/mol. The topological polar surface area (TPSA) is 118 Å². The normalized spacial score (nSPS) is 10.1. The molecule has 1 amide bonds. The van der Waals surface area contributed by atoms with E-state index < -0.39 is 10.8 Å². The van der Waals surface area contributed by atoms with Gasteiger partial charge in [0.25, 0.3) is 11.6 Å². The van der Waals surface area contributed by atoms with Crippen LogP contribution in [0, 0.1) is 17.0 Å². The van der Waals surface area contributed by atoms with Gasteiger partial charge in [0.15, 0.2) is 0 Å². The molecule has 0 saturated heterocycles. The number of hydrogen-bond acceptors (Lipinski definition) is 5. The zero-order chi connectivity index (χ0) is 15.6. The summed E-state index contributed by atoms with van der Waals surface area (Å²) in [7, 11) is 0. The van der Waals surface area contributed by atoms with E-state index in [9.17, 15) is 20.0 Å². The summed E-state index contributed by atoms with van der Waals surface area (Å²) in [6.07, 6.45) is 0. The lowest BCUT2D eigenvalue weighted by molar-refractivity contribution is -0.384. The first kappa shape index (κ1) is 14.3. The molecule has 21 heavy (non-hydrogen) atoms. The van der Waals surface area contributed by atoms with Gasteiger partial charge in [-0.15, -0.1) is 0 Å². The predicted molar refractivity (Wildman–Crippen MR) is 78.3 cm³/mol. The summed E-state index contributed by atoms with van der Waals surface area (Å²) in [5.74, 6) is -0.756. The molecule has 0 fully saturated rings. The number of nitrogen functional groups attached to an aromatic ring is 1. The van der Waals surface area contributed by atoms with Gasteiger partial charge in [0.2, 0.25) is 0 Å². The molecule has 2 rings (SSSR count). The number of amides is 1. The summed E-state index contributed by atoms with van der Waals surface area (Å²) in [6.45, 7) is 1.69. The van der Waals surface area contributed by atoms with Crippen molar-refractivity contribution in [3.05, 3.63) is 57.6 Å². The highest BCUT2D eigenvalue weighted by atomic mass is 16.6. The van der Waals surface area contributed by atoms with Crippen LogP contribution in [0.4, 0.5) is 17.1 Å². The number of carbonyl (C=O) groups excluding carboxylic acids is 1. The van der Waals surface area contributed by atoms with Crippen LogP contribution in [0.1, 0.15) is 15.9 Å². The number of anilines is 2. The molecule has 0 aliphatic heterocycles. The summed E-state index contributed by atoms with van der Waals surface area (Å²) in [5.41, 5.74) is 6.73. The highest BCUT2D eigenvalue weighted by Crippen LogP contribution is 2.29. The number of hydrogen-bond donors (Lipinski definition) is 3. The van der Waals surface area contributed by atoms with Crippen molar-refractivity contribution in [1.82, 2.24) is 0 Å². The Bertz CT molecular complexity index is 728. The van der Waals surface area contributed by atoms with Crippen molar-refractivity contribution in [3.63, 3.8) is 0 Å². The van der Waals surface area contributed by atoms with Gasteiger partial charge in [-0.3, -0.25) is 14.9 Å². The molecule has 0 saturated carbocycles. The smallest absolute Gasteiger partial charge is 0.296 e. The quantitative estimate of drug-likeness (QED) is 0.347. The summed E-state index contributed by atoms with van der Waals surface area (Å²) in [4.78, 5) is 22.5. The van der Waals surface area contributed by atoms with E-state index in [0.29, 0.717) is 16.8 Å². The number of nitrogens with zero attached hydrogens (tertiary/aromatic N) is 1. The second-order valence-electron chi connectivity index (χ2n) is 4.43. The lowest BCUT2D eigenvalue weighted by atomic mass is 10.1. The van der Waals surface area contributed by atoms with Crippen LogP contribution in [0.5, 0.6) is 5.75 Å². The van der Waals surface area contributed by atoms with Crippen LogP contribution >= 0.6 is 0 Å². The van der Waals surface area contributed by atoms with Gasteiger partial charge in [-0.2, -0.15) is 0 Å². The number of nitrogens with one attached hydrogen (secondary N) is 1. The van der Waals surface area contributed by atoms with E-state index >= 15 is 0 Å². The molecule has 0 spiro atoms. The molecule has 2 aromatic rings. The Labute approximate surface area is 120 Å². The van der Waals surface area contributed by atoms with E-state index in [1.807, 2.05) is 0 Å². The van der Waals surface area contributed by atoms with Crippen LogP contribution in [0.3, 0.4) is 0 Å². The molecule has 108 valence electrons. The summed E-state index contributed by atoms with van der Waals surface area (Å²) in [6, 6.07) is 8.37. The number of phenolic OH excluding ortho intramolecular Hbond substituents is 1. The first-order valence-electron chi connectivity index (χ1n) is 6.04. The van der Waals surface area contributed by atoms with Gasteiger partial charge in [-0.05, 0) is 36.8 Å². The Kier molecular flexibility index (Phi) is 3.75. The molecule has 7 nitrogen and oxygen atoms in total. The van der Waals surface area contributed by atoms with Gasteiger partial charge in [-0.25, -0.2) is 0 Å². The highest BCUT2D eigenvalue weighted by molar-refractivity contribution is 6.07. The number of nitrogens with two attached hydrogens (primary N) is 1. The summed E-state index contributed by atoms with van der Waals surface area (Å²) >= 11 is 0. The van der Waals surface area contributed by atoms with E-state index in [1.165, 1.54) is 12.1 Å². The van der Waals surface area contributed by atoms with Gasteiger partial charge in [0.1, 0.15) is 11.4 Å². The number of nitro benzene ring substituents is 1. The molecule has 0 heterocycles. The third-order valence-electron chi connectivity index (χ3n) is 3.05. The predicted octanol–water partition coefficient (Wildman–Crippen LogP) is 2.44. The molecule has 2 aromatic carbocycles. The molecular weight excluding hydrogens is 274 g/mol. The average Bonchev–Trinajstić information content (AvgIpc) is 2.43. The van der Waals surface area contributed by atoms with Crippen LogP contribution in [0.15, 0.2) is 36.4 Å². The van der Waals surface area contributed by atoms with Crippen molar-refractivity contribution in [2.75, 3.05) is 11.1 Å². The number of phenols is 1. The van der Waals surface area contributed by atoms with Gasteiger partial charge in [0, 0.05) is 11.3 Å². The third kappa shape index (κ3) is 2.92. The zero-order valence-electron chi connectivity index (χ0n) is 11.2. The maximum atomic E-state index is 12.2. The molecule has 0 aromatic heterocycles. The third-order valence-corrected chi connectivity index (χ3v) is 3.05. The Morgan fingerprint density at radius 3 is 2.71 bits per heavy atom. The molecule has 0 radical (unpaired) electrons. The van der Waals surface area contributed by atoms with Crippen molar-refractivity contribution >= 4 is 23.0 Å². The van der Waals surface area contributed by atoms with E-state index in [4.69, 9.17) is 5.73 Å². The highest BCUT2D eigenvalue weighted by Gasteiger charge is 2.18. The minimum Gasteiger partial charge on any atom is -0.508 e. The van der Waals surface area contributed by atoms with Crippen LogP contribution in [-0.2, 0) is 0 Å². The molecule has 4 N–H and O–H groups in total. The first-order valence-corrected chi connectivity index (χ1v) is 6.04. The molecule has 0 atom stereocenters. The fourth-order valence-electron chi connectivity index (χ4n) is 1.87. The van der Waals surface area contributed by atoms with Gasteiger partial charge < -0.3 is 16.2 Å². The largest absolute Gasteiger partial charge is 0.508 e. The lowest BCUT2D eigenvalue weighted by Crippen LogP contribution is -2.15. The van der Waals surface area contributed by atoms with E-state index in [-0.39, 0.29) is 17.1 Å². The van der Waals surface area contributed by atoms with Crippen molar-refractivity contribution in [2.45, 2.75) is 6.92 Å². The Morgan fingerprint density at radius 1 is 1.33 bits per heavy atom. The van der Waals surface area contributed by atoms with Crippen molar-refractivity contribution < 1.29 is 14.8 Å². The molecule has 0 unspecified atom stereocenters. The number of aromatic hydroxyl groups is 1. The van der Waals surface area contributed by atoms with Crippen molar-refractivity contribution in [2.24, 2.45) is 0 Å². The van der Waals surface area contributed by atoms with Gasteiger partial charge >= 0.3 is 0 Å². The standard InChI is InChI=1S/C14H13N3O4/c1-8-10(3-2-4-11(8)15)14(19)16-12-6-5-9(18)7-13(12)17(20)21/h2-7,18H,15H2,1H3,(H,16,19). The Morgan fingerprint density at radius 2 is 2.05 bits per heavy atom. The van der Waals surface area contributed by atoms with Gasteiger partial charge in [0.05, 0.1) is 11.0 Å². The maximum absolute atomic E-state index is 12.2. The minimum absolute atomic E-state index is 0.00428. The maximum Gasteiger partial charge on any atom is 0.296 e. The first-order chi connectivity index (χ1) is 9.90. The second kappa shape index (κ2) is 5.49. The summed E-state index contributed by atoms with van der Waals surface area (Å²) < 4.78 is 0. The van der Waals surface area contributed by atoms with Gasteiger partial charge in [-0.1, -0.05) is 6.07 Å². The van der Waals surface area contributed by atoms with Crippen LogP contribution < -0.4 is 11.1 Å². The van der Waals surface area contributed by atoms with Crippen molar-refractivity contribution in [3.8, 4) is 5.75 Å². The minimum atomic E-state index is -0.679. The number of carbonyl (C=O) groups is 1. The zero-order valence-corrected chi connectivity index (χ0v) is 11.2. The molecule has 0 aliphatic carbocycles. The van der Waals surface area contributed by atoms with E-state index in [0.717, 1.165) is 6.07 Å². The number of rotatable bonds is 3. The lowest BCUT2D eigenvalue weighted by Gasteiger charge is -2.09. The molecule has 0 bridgehead atoms. The molecule has 7 heteroatoms. The number of nitro groups is 1. The SMILES string of the molecule is Cc1c(N)cccc1C(=O)Nc1ccc(O)cc1[N+](=O)[O-]. The second-order valence-corrected chi connectivity index (χ2v) is 4.43. The van der Waals surface area contributed by atoms with Crippen molar-refractivity contribution in [1.29, 1.82) is 0 Å². The Hall–Kier alpha value is -3.09. The summed E-state index contributed by atoms with van der Waals surface area (Å²) in [5, 5.41) is 22.7. The van der Waals surface area contributed by atoms with E-state index in [2.05, 4.69) is 5.32 Å². The fourth-order valence-corrected chi connectivity index (χ4v) is 1.87. The fraction of sp³-hybridized carbons (Fsp3) is 0.0714. The Balaban J connectivity index is 2.36. The number of benzene rings is 2. The van der Waals surface area contributed by atoms with E-state index in [1.54, 1.807) is 25.1 Å². The van der Waals surface area contributed by atoms with Crippen LogP contribution in [-0.4, -0.2) is 15.9 Å².